The molecule has 0 spiro atoms. The van der Waals surface area contributed by atoms with Gasteiger partial charge in [-0.15, -0.1) is 0 Å². The Morgan fingerprint density at radius 1 is 0.545 bits per heavy atom. The highest BCUT2D eigenvalue weighted by Crippen LogP contribution is 2.39. The van der Waals surface area contributed by atoms with Gasteiger partial charge in [-0.05, 0) is 38.1 Å². The summed E-state index contributed by atoms with van der Waals surface area (Å²) >= 11 is 0. The van der Waals surface area contributed by atoms with Gasteiger partial charge in [-0.3, -0.25) is 19.2 Å². The lowest BCUT2D eigenvalue weighted by Crippen LogP contribution is -2.31. The molecule has 0 amide bonds. The van der Waals surface area contributed by atoms with Crippen LogP contribution >= 0.6 is 0 Å². The molecule has 108 valence electrons. The van der Waals surface area contributed by atoms with Crippen LogP contribution in [0.3, 0.4) is 0 Å². The Morgan fingerprint density at radius 2 is 0.773 bits per heavy atom. The van der Waals surface area contributed by atoms with E-state index in [-0.39, 0.29) is 23.1 Å². The molecule has 0 unspecified atom stereocenters. The standard InChI is InChI=1S/C18H12O4/c1-7-15(19)9-3-5-11-14-12(18(22)8(2)17(11)21)6-4-10(13(9)14)16(7)20/h3-8H,1-2H3. The number of ketones is 4. The first-order valence-corrected chi connectivity index (χ1v) is 7.20. The van der Waals surface area contributed by atoms with Gasteiger partial charge in [-0.25, -0.2) is 0 Å². The van der Waals surface area contributed by atoms with Crippen molar-refractivity contribution in [3.8, 4) is 0 Å². The first-order chi connectivity index (χ1) is 10.4. The Labute approximate surface area is 126 Å². The molecule has 0 heterocycles. The lowest BCUT2D eigenvalue weighted by atomic mass is 9.74. The zero-order valence-electron chi connectivity index (χ0n) is 12.1. The summed E-state index contributed by atoms with van der Waals surface area (Å²) in [6.45, 7) is 3.18. The highest BCUT2D eigenvalue weighted by molar-refractivity contribution is 6.36. The van der Waals surface area contributed by atoms with Crippen LogP contribution in [-0.2, 0) is 0 Å². The number of hydrogen-bond donors (Lipinski definition) is 0. The average molecular weight is 292 g/mol. The van der Waals surface area contributed by atoms with Crippen LogP contribution in [0.4, 0.5) is 0 Å². The molecule has 4 rings (SSSR count). The van der Waals surface area contributed by atoms with E-state index in [9.17, 15) is 19.2 Å². The molecular weight excluding hydrogens is 280 g/mol. The Kier molecular flexibility index (Phi) is 2.36. The van der Waals surface area contributed by atoms with E-state index in [0.717, 1.165) is 0 Å². The third-order valence-corrected chi connectivity index (χ3v) is 4.80. The molecule has 0 saturated carbocycles. The minimum atomic E-state index is -0.722. The lowest BCUT2D eigenvalue weighted by molar-refractivity contribution is 0.0796. The second kappa shape index (κ2) is 3.97. The largest absolute Gasteiger partial charge is 0.293 e. The number of hydrogen-bond acceptors (Lipinski definition) is 4. The predicted octanol–water partition coefficient (Wildman–Crippen LogP) is 2.87. The van der Waals surface area contributed by atoms with Crippen LogP contribution in [0, 0.1) is 11.8 Å². The Balaban J connectivity index is 2.24. The summed E-state index contributed by atoms with van der Waals surface area (Å²) in [5, 5.41) is 0.938. The number of Topliss-reactive ketones (excluding diaryl/α,β-unsaturated/α-hetero) is 4. The summed E-state index contributed by atoms with van der Waals surface area (Å²) in [4.78, 5) is 49.5. The van der Waals surface area contributed by atoms with E-state index in [4.69, 9.17) is 0 Å². The molecule has 0 saturated heterocycles. The van der Waals surface area contributed by atoms with E-state index in [1.165, 1.54) is 0 Å². The Hall–Kier alpha value is -2.62. The Bertz CT molecular complexity index is 788. The number of rotatable bonds is 0. The average Bonchev–Trinajstić information content (AvgIpc) is 2.53. The maximum atomic E-state index is 12.4. The van der Waals surface area contributed by atoms with E-state index >= 15 is 0 Å². The zero-order valence-corrected chi connectivity index (χ0v) is 12.1. The second-order valence-electron chi connectivity index (χ2n) is 5.97. The molecule has 2 aromatic carbocycles. The molecule has 22 heavy (non-hydrogen) atoms. The summed E-state index contributed by atoms with van der Waals surface area (Å²) < 4.78 is 0. The van der Waals surface area contributed by atoms with E-state index in [0.29, 0.717) is 33.0 Å². The van der Waals surface area contributed by atoms with Gasteiger partial charge in [0, 0.05) is 33.0 Å². The van der Waals surface area contributed by atoms with Gasteiger partial charge >= 0.3 is 0 Å². The van der Waals surface area contributed by atoms with Gasteiger partial charge in [0.2, 0.25) is 0 Å². The second-order valence-corrected chi connectivity index (χ2v) is 5.97. The Morgan fingerprint density at radius 3 is 1.00 bits per heavy atom. The summed E-state index contributed by atoms with van der Waals surface area (Å²) in [5.41, 5.74) is 1.71. The molecular formula is C18H12O4. The summed E-state index contributed by atoms with van der Waals surface area (Å²) in [5.74, 6) is -2.44. The van der Waals surface area contributed by atoms with Crippen LogP contribution in [0.1, 0.15) is 55.3 Å². The topological polar surface area (TPSA) is 68.3 Å². The van der Waals surface area contributed by atoms with Crippen LogP contribution in [0.15, 0.2) is 24.3 Å². The van der Waals surface area contributed by atoms with Gasteiger partial charge in [0.1, 0.15) is 0 Å². The first kappa shape index (κ1) is 13.1. The minimum Gasteiger partial charge on any atom is -0.293 e. The van der Waals surface area contributed by atoms with Gasteiger partial charge < -0.3 is 0 Å². The highest BCUT2D eigenvalue weighted by atomic mass is 16.2. The van der Waals surface area contributed by atoms with Crippen molar-refractivity contribution in [3.05, 3.63) is 46.5 Å². The lowest BCUT2D eigenvalue weighted by Gasteiger charge is -2.26. The van der Waals surface area contributed by atoms with Crippen molar-refractivity contribution < 1.29 is 19.2 Å². The summed E-state index contributed by atoms with van der Waals surface area (Å²) in [7, 11) is 0. The van der Waals surface area contributed by atoms with Crippen molar-refractivity contribution in [1.29, 1.82) is 0 Å². The fraction of sp³-hybridized carbons (Fsp3) is 0.222. The van der Waals surface area contributed by atoms with Crippen molar-refractivity contribution in [2.45, 2.75) is 13.8 Å². The van der Waals surface area contributed by atoms with Crippen LogP contribution in [-0.4, -0.2) is 23.1 Å². The molecule has 4 nitrogen and oxygen atoms in total. The van der Waals surface area contributed by atoms with Crippen molar-refractivity contribution >= 4 is 33.9 Å². The molecule has 0 fully saturated rings. The monoisotopic (exact) mass is 292 g/mol. The van der Waals surface area contributed by atoms with Gasteiger partial charge in [0.15, 0.2) is 23.1 Å². The third-order valence-electron chi connectivity index (χ3n) is 4.80. The summed E-state index contributed by atoms with van der Waals surface area (Å²) in [6, 6.07) is 6.43. The number of carbonyl (C=O) groups excluding carboxylic acids is 4. The van der Waals surface area contributed by atoms with E-state index < -0.39 is 11.8 Å². The zero-order chi connectivity index (χ0) is 15.8. The fourth-order valence-corrected chi connectivity index (χ4v) is 3.49. The fourth-order valence-electron chi connectivity index (χ4n) is 3.49. The predicted molar refractivity (Wildman–Crippen MR) is 79.6 cm³/mol. The van der Waals surface area contributed by atoms with Gasteiger partial charge in [-0.2, -0.15) is 0 Å². The smallest absolute Gasteiger partial charge is 0.174 e. The first-order valence-electron chi connectivity index (χ1n) is 7.20. The molecule has 0 atom stereocenters. The van der Waals surface area contributed by atoms with Crippen LogP contribution < -0.4 is 0 Å². The van der Waals surface area contributed by atoms with Crippen molar-refractivity contribution in [1.82, 2.24) is 0 Å². The van der Waals surface area contributed by atoms with Crippen LogP contribution in [0.25, 0.3) is 10.8 Å². The molecule has 4 heteroatoms. The SMILES string of the molecule is CC1C(=O)c2ccc3c4c(ccc(c24)C1=O)C(=O)C(C)C3=O. The van der Waals surface area contributed by atoms with Crippen molar-refractivity contribution in [2.24, 2.45) is 11.8 Å². The van der Waals surface area contributed by atoms with Crippen molar-refractivity contribution in [2.75, 3.05) is 0 Å². The normalized spacial score (nSPS) is 18.5. The highest BCUT2D eigenvalue weighted by Gasteiger charge is 2.38. The molecule has 0 radical (unpaired) electrons. The molecule has 0 aromatic heterocycles. The maximum absolute atomic E-state index is 12.4. The van der Waals surface area contributed by atoms with E-state index in [1.807, 2.05) is 0 Å². The number of carbonyl (C=O) groups is 4. The van der Waals surface area contributed by atoms with Gasteiger partial charge in [-0.1, -0.05) is 0 Å². The van der Waals surface area contributed by atoms with Gasteiger partial charge in [0.05, 0.1) is 11.8 Å². The van der Waals surface area contributed by atoms with Crippen LogP contribution in [0.5, 0.6) is 0 Å². The molecule has 0 aliphatic heterocycles. The maximum Gasteiger partial charge on any atom is 0.174 e. The molecule has 2 aliphatic rings. The molecule has 2 aromatic rings. The summed E-state index contributed by atoms with van der Waals surface area (Å²) in [6.07, 6.45) is 0. The van der Waals surface area contributed by atoms with E-state index in [1.54, 1.807) is 38.1 Å². The number of benzene rings is 2. The van der Waals surface area contributed by atoms with Crippen LogP contribution in [0.2, 0.25) is 0 Å². The molecule has 0 N–H and O–H groups in total. The third kappa shape index (κ3) is 1.32. The van der Waals surface area contributed by atoms with Gasteiger partial charge in [0.25, 0.3) is 0 Å². The minimum absolute atomic E-state index is 0.250. The molecule has 0 bridgehead atoms. The van der Waals surface area contributed by atoms with E-state index in [2.05, 4.69) is 0 Å². The van der Waals surface area contributed by atoms with Crippen molar-refractivity contribution in [3.63, 3.8) is 0 Å². The molecule has 2 aliphatic carbocycles. The quantitative estimate of drug-likeness (QED) is 0.700.